The van der Waals surface area contributed by atoms with Gasteiger partial charge in [-0.2, -0.15) is 0 Å². The van der Waals surface area contributed by atoms with E-state index in [2.05, 4.69) is 59.7 Å². The highest BCUT2D eigenvalue weighted by molar-refractivity contribution is 5.38. The Morgan fingerprint density at radius 2 is 1.04 bits per heavy atom. The molecular formula is C24H42O2. The fourth-order valence-corrected chi connectivity index (χ4v) is 4.19. The van der Waals surface area contributed by atoms with Gasteiger partial charge in [0.25, 0.3) is 0 Å². The third-order valence-corrected chi connectivity index (χ3v) is 5.87. The maximum Gasteiger partial charge on any atom is 0.0896 e. The minimum Gasteiger partial charge on any atom is -0.385 e. The maximum absolute atomic E-state index is 11.4. The lowest BCUT2D eigenvalue weighted by atomic mass is 9.78. The van der Waals surface area contributed by atoms with Crippen molar-refractivity contribution in [1.82, 2.24) is 0 Å². The monoisotopic (exact) mass is 362 g/mol. The summed E-state index contributed by atoms with van der Waals surface area (Å²) in [5.41, 5.74) is 1.66. The molecule has 0 aliphatic heterocycles. The minimum atomic E-state index is -0.791. The van der Waals surface area contributed by atoms with Crippen molar-refractivity contribution in [3.63, 3.8) is 0 Å². The van der Waals surface area contributed by atoms with Crippen LogP contribution >= 0.6 is 0 Å². The third kappa shape index (κ3) is 5.57. The molecule has 0 aliphatic carbocycles. The fraction of sp³-hybridized carbons (Fsp3) is 0.750. The second kappa shape index (κ2) is 10.5. The Labute approximate surface area is 162 Å². The molecule has 1 aromatic carbocycles. The lowest BCUT2D eigenvalue weighted by Crippen LogP contribution is -2.29. The lowest BCUT2D eigenvalue weighted by Gasteiger charge is -2.34. The van der Waals surface area contributed by atoms with E-state index in [9.17, 15) is 10.2 Å². The molecule has 0 heterocycles. The van der Waals surface area contributed by atoms with Gasteiger partial charge in [0.1, 0.15) is 0 Å². The summed E-state index contributed by atoms with van der Waals surface area (Å²) in [7, 11) is 0. The van der Waals surface area contributed by atoms with E-state index < -0.39 is 11.2 Å². The molecule has 0 saturated heterocycles. The van der Waals surface area contributed by atoms with Crippen molar-refractivity contribution < 1.29 is 10.2 Å². The van der Waals surface area contributed by atoms with Gasteiger partial charge in [-0.05, 0) is 54.7 Å². The zero-order valence-corrected chi connectivity index (χ0v) is 18.1. The molecule has 0 fully saturated rings. The van der Waals surface area contributed by atoms with Gasteiger partial charge in [-0.3, -0.25) is 0 Å². The SMILES string of the molecule is CCCC(O)(CCC)c1cc(C(C)CC)cc(C(O)(CCC)CCC)c1. The summed E-state index contributed by atoms with van der Waals surface area (Å²) >= 11 is 0. The van der Waals surface area contributed by atoms with Crippen LogP contribution < -0.4 is 0 Å². The van der Waals surface area contributed by atoms with Crippen LogP contribution in [0, 0.1) is 0 Å². The van der Waals surface area contributed by atoms with Gasteiger partial charge in [-0.15, -0.1) is 0 Å². The van der Waals surface area contributed by atoms with Crippen molar-refractivity contribution in [3.05, 3.63) is 34.9 Å². The first-order chi connectivity index (χ1) is 12.3. The van der Waals surface area contributed by atoms with Gasteiger partial charge in [0.05, 0.1) is 11.2 Å². The standard InChI is InChI=1S/C24H42O2/c1-7-12-23(25,13-8-2)21-16-20(19(6)11-5)17-22(18-21)24(26,14-9-3)15-10-4/h16-19,25-26H,7-15H2,1-6H3. The molecule has 1 aromatic rings. The van der Waals surface area contributed by atoms with Crippen LogP contribution in [0.3, 0.4) is 0 Å². The van der Waals surface area contributed by atoms with E-state index >= 15 is 0 Å². The topological polar surface area (TPSA) is 40.5 Å². The summed E-state index contributed by atoms with van der Waals surface area (Å²) in [6.45, 7) is 13.0. The Balaban J connectivity index is 3.56. The summed E-state index contributed by atoms with van der Waals surface area (Å²) in [6, 6.07) is 6.49. The average molecular weight is 363 g/mol. The van der Waals surface area contributed by atoms with Crippen LogP contribution in [-0.4, -0.2) is 10.2 Å². The molecule has 2 N–H and O–H groups in total. The van der Waals surface area contributed by atoms with E-state index in [1.807, 2.05) is 0 Å². The molecule has 0 aromatic heterocycles. The van der Waals surface area contributed by atoms with E-state index in [-0.39, 0.29) is 0 Å². The van der Waals surface area contributed by atoms with Crippen LogP contribution in [0.2, 0.25) is 0 Å². The van der Waals surface area contributed by atoms with Gasteiger partial charge in [-0.1, -0.05) is 85.4 Å². The summed E-state index contributed by atoms with van der Waals surface area (Å²) in [4.78, 5) is 0. The number of rotatable bonds is 12. The molecule has 1 rings (SSSR count). The smallest absolute Gasteiger partial charge is 0.0896 e. The first-order valence-corrected chi connectivity index (χ1v) is 10.9. The van der Waals surface area contributed by atoms with Crippen molar-refractivity contribution in [2.24, 2.45) is 0 Å². The third-order valence-electron chi connectivity index (χ3n) is 5.87. The molecule has 0 radical (unpaired) electrons. The minimum absolute atomic E-state index is 0.425. The van der Waals surface area contributed by atoms with Crippen LogP contribution in [0.4, 0.5) is 0 Å². The van der Waals surface area contributed by atoms with E-state index in [1.165, 1.54) is 5.56 Å². The van der Waals surface area contributed by atoms with Crippen LogP contribution in [-0.2, 0) is 11.2 Å². The molecule has 0 saturated carbocycles. The fourth-order valence-electron chi connectivity index (χ4n) is 4.19. The molecular weight excluding hydrogens is 320 g/mol. The summed E-state index contributed by atoms with van der Waals surface area (Å²) in [5.74, 6) is 0.425. The average Bonchev–Trinajstić information content (AvgIpc) is 2.61. The van der Waals surface area contributed by atoms with E-state index in [1.54, 1.807) is 0 Å². The highest BCUT2D eigenvalue weighted by atomic mass is 16.3. The summed E-state index contributed by atoms with van der Waals surface area (Å²) < 4.78 is 0. The van der Waals surface area contributed by atoms with E-state index in [4.69, 9.17) is 0 Å². The molecule has 150 valence electrons. The zero-order valence-electron chi connectivity index (χ0n) is 18.1. The maximum atomic E-state index is 11.4. The van der Waals surface area contributed by atoms with Crippen molar-refractivity contribution in [1.29, 1.82) is 0 Å². The predicted octanol–water partition coefficient (Wildman–Crippen LogP) is 6.78. The second-order valence-corrected chi connectivity index (χ2v) is 8.22. The number of aliphatic hydroxyl groups is 2. The van der Waals surface area contributed by atoms with E-state index in [0.717, 1.165) is 68.9 Å². The molecule has 0 amide bonds. The van der Waals surface area contributed by atoms with Crippen molar-refractivity contribution in [2.75, 3.05) is 0 Å². The predicted molar refractivity (Wildman–Crippen MR) is 113 cm³/mol. The van der Waals surface area contributed by atoms with Gasteiger partial charge in [0, 0.05) is 0 Å². The van der Waals surface area contributed by atoms with Gasteiger partial charge in [0.2, 0.25) is 0 Å². The highest BCUT2D eigenvalue weighted by Gasteiger charge is 2.33. The Hall–Kier alpha value is -0.860. The Morgan fingerprint density at radius 1 is 0.692 bits per heavy atom. The Kier molecular flexibility index (Phi) is 9.33. The zero-order chi connectivity index (χ0) is 19.8. The van der Waals surface area contributed by atoms with Gasteiger partial charge in [0.15, 0.2) is 0 Å². The van der Waals surface area contributed by atoms with E-state index in [0.29, 0.717) is 5.92 Å². The quantitative estimate of drug-likeness (QED) is 0.430. The molecule has 1 unspecified atom stereocenters. The molecule has 2 heteroatoms. The highest BCUT2D eigenvalue weighted by Crippen LogP contribution is 2.39. The molecule has 1 atom stereocenters. The first kappa shape index (κ1) is 23.2. The molecule has 0 spiro atoms. The molecule has 2 nitrogen and oxygen atoms in total. The van der Waals surface area contributed by atoms with Crippen molar-refractivity contribution in [2.45, 2.75) is 116 Å². The lowest BCUT2D eigenvalue weighted by molar-refractivity contribution is 0.0103. The van der Waals surface area contributed by atoms with Gasteiger partial charge < -0.3 is 10.2 Å². The number of benzene rings is 1. The van der Waals surface area contributed by atoms with Gasteiger partial charge in [-0.25, -0.2) is 0 Å². The van der Waals surface area contributed by atoms with Crippen molar-refractivity contribution in [3.8, 4) is 0 Å². The van der Waals surface area contributed by atoms with Gasteiger partial charge >= 0.3 is 0 Å². The molecule has 0 aliphatic rings. The molecule has 0 bridgehead atoms. The van der Waals surface area contributed by atoms with Crippen LogP contribution in [0.1, 0.15) is 122 Å². The van der Waals surface area contributed by atoms with Crippen LogP contribution in [0.15, 0.2) is 18.2 Å². The summed E-state index contributed by atoms with van der Waals surface area (Å²) in [6.07, 6.45) is 7.94. The van der Waals surface area contributed by atoms with Crippen molar-refractivity contribution >= 4 is 0 Å². The largest absolute Gasteiger partial charge is 0.385 e. The van der Waals surface area contributed by atoms with Crippen LogP contribution in [0.25, 0.3) is 0 Å². The Morgan fingerprint density at radius 3 is 1.31 bits per heavy atom. The number of hydrogen-bond donors (Lipinski definition) is 2. The molecule has 26 heavy (non-hydrogen) atoms. The first-order valence-electron chi connectivity index (χ1n) is 10.9. The Bertz CT molecular complexity index is 483. The normalized spacial score (nSPS) is 13.8. The van der Waals surface area contributed by atoms with Crippen LogP contribution in [0.5, 0.6) is 0 Å². The number of hydrogen-bond acceptors (Lipinski definition) is 2. The summed E-state index contributed by atoms with van der Waals surface area (Å²) in [5, 5.41) is 22.9. The second-order valence-electron chi connectivity index (χ2n) is 8.22.